The number of aromatic nitrogens is 2. The number of amides is 1. The summed E-state index contributed by atoms with van der Waals surface area (Å²) in [6.07, 6.45) is 3.27. The van der Waals surface area contributed by atoms with E-state index in [2.05, 4.69) is 22.1 Å². The Morgan fingerprint density at radius 1 is 1.45 bits per heavy atom. The lowest BCUT2D eigenvalue weighted by atomic mass is 10.1. The average molecular weight is 268 g/mol. The largest absolute Gasteiger partial charge is 0.347 e. The second-order valence-corrected chi connectivity index (χ2v) is 4.27. The minimum atomic E-state index is -0.202. The van der Waals surface area contributed by atoms with E-state index in [-0.39, 0.29) is 5.91 Å². The fourth-order valence-corrected chi connectivity index (χ4v) is 1.74. The summed E-state index contributed by atoms with van der Waals surface area (Å²) in [6.45, 7) is 0.722. The number of nitrogens with two attached hydrogens (primary N) is 1. The van der Waals surface area contributed by atoms with Crippen molar-refractivity contribution in [1.82, 2.24) is 14.9 Å². The number of nitrogens with one attached hydrogen (secondary N) is 1. The summed E-state index contributed by atoms with van der Waals surface area (Å²) >= 11 is 0. The Morgan fingerprint density at radius 3 is 2.95 bits per heavy atom. The van der Waals surface area contributed by atoms with Crippen LogP contribution in [0.25, 0.3) is 0 Å². The molecule has 0 saturated heterocycles. The van der Waals surface area contributed by atoms with Gasteiger partial charge in [-0.3, -0.25) is 4.79 Å². The van der Waals surface area contributed by atoms with Gasteiger partial charge < -0.3 is 15.6 Å². The topological polar surface area (TPSA) is 72.9 Å². The highest BCUT2D eigenvalue weighted by molar-refractivity contribution is 5.91. The van der Waals surface area contributed by atoms with Gasteiger partial charge in [0, 0.05) is 25.4 Å². The number of benzene rings is 1. The molecule has 0 fully saturated rings. The normalized spacial score (nSPS) is 9.70. The first-order chi connectivity index (χ1) is 9.70. The van der Waals surface area contributed by atoms with Gasteiger partial charge in [-0.05, 0) is 11.6 Å². The van der Waals surface area contributed by atoms with Crippen LogP contribution < -0.4 is 11.1 Å². The minimum Gasteiger partial charge on any atom is -0.347 e. The van der Waals surface area contributed by atoms with Crippen molar-refractivity contribution >= 4 is 5.91 Å². The molecule has 0 spiro atoms. The van der Waals surface area contributed by atoms with Gasteiger partial charge in [-0.2, -0.15) is 0 Å². The van der Waals surface area contributed by atoms with E-state index < -0.39 is 0 Å². The predicted molar refractivity (Wildman–Crippen MR) is 76.8 cm³/mol. The maximum Gasteiger partial charge on any atom is 0.271 e. The van der Waals surface area contributed by atoms with E-state index in [0.29, 0.717) is 18.8 Å². The molecule has 1 heterocycles. The molecule has 2 aromatic rings. The maximum atomic E-state index is 11.9. The summed E-state index contributed by atoms with van der Waals surface area (Å²) in [4.78, 5) is 15.9. The third-order valence-corrected chi connectivity index (χ3v) is 2.72. The second kappa shape index (κ2) is 6.55. The Balaban J connectivity index is 2.06. The molecule has 3 N–H and O–H groups in total. The van der Waals surface area contributed by atoms with Gasteiger partial charge in [0.2, 0.25) is 0 Å². The van der Waals surface area contributed by atoms with Gasteiger partial charge in [0.15, 0.2) is 0 Å². The third kappa shape index (κ3) is 3.46. The number of hydrogen-bond acceptors (Lipinski definition) is 3. The molecule has 2 rings (SSSR count). The fourth-order valence-electron chi connectivity index (χ4n) is 1.74. The Hall–Kier alpha value is -2.58. The van der Waals surface area contributed by atoms with Crippen molar-refractivity contribution in [3.05, 3.63) is 53.6 Å². The van der Waals surface area contributed by atoms with Crippen molar-refractivity contribution in [3.63, 3.8) is 0 Å². The first-order valence-corrected chi connectivity index (χ1v) is 6.23. The van der Waals surface area contributed by atoms with Crippen LogP contribution in [0.1, 0.15) is 21.6 Å². The summed E-state index contributed by atoms with van der Waals surface area (Å²) in [5.74, 6) is 5.61. The SMILES string of the molecule is Cn1cnc(C(=O)NCc2ccccc2C#CCN)c1. The summed E-state index contributed by atoms with van der Waals surface area (Å²) in [5, 5.41) is 2.83. The zero-order chi connectivity index (χ0) is 14.4. The minimum absolute atomic E-state index is 0.202. The Morgan fingerprint density at radius 2 is 2.25 bits per heavy atom. The van der Waals surface area contributed by atoms with Gasteiger partial charge >= 0.3 is 0 Å². The monoisotopic (exact) mass is 268 g/mol. The Kier molecular flexibility index (Phi) is 4.53. The molecule has 0 aliphatic rings. The highest BCUT2D eigenvalue weighted by atomic mass is 16.1. The van der Waals surface area contributed by atoms with Crippen molar-refractivity contribution in [2.75, 3.05) is 6.54 Å². The van der Waals surface area contributed by atoms with Crippen LogP contribution in [0.5, 0.6) is 0 Å². The smallest absolute Gasteiger partial charge is 0.271 e. The quantitative estimate of drug-likeness (QED) is 0.803. The highest BCUT2D eigenvalue weighted by Crippen LogP contribution is 2.07. The summed E-state index contributed by atoms with van der Waals surface area (Å²) in [5.41, 5.74) is 7.60. The number of nitrogens with zero attached hydrogens (tertiary/aromatic N) is 2. The van der Waals surface area contributed by atoms with Crippen LogP contribution in [0.15, 0.2) is 36.8 Å². The lowest BCUT2D eigenvalue weighted by Gasteiger charge is -2.05. The van der Waals surface area contributed by atoms with E-state index in [1.165, 1.54) is 0 Å². The number of rotatable bonds is 3. The summed E-state index contributed by atoms with van der Waals surface area (Å²) < 4.78 is 1.73. The lowest BCUT2D eigenvalue weighted by molar-refractivity contribution is 0.0946. The maximum absolute atomic E-state index is 11.9. The van der Waals surface area contributed by atoms with E-state index in [4.69, 9.17) is 5.73 Å². The van der Waals surface area contributed by atoms with Gasteiger partial charge in [-0.15, -0.1) is 0 Å². The van der Waals surface area contributed by atoms with Gasteiger partial charge in [-0.25, -0.2) is 4.98 Å². The van der Waals surface area contributed by atoms with E-state index in [0.717, 1.165) is 11.1 Å². The highest BCUT2D eigenvalue weighted by Gasteiger charge is 2.08. The molecule has 0 radical (unpaired) electrons. The first kappa shape index (κ1) is 13.8. The lowest BCUT2D eigenvalue weighted by Crippen LogP contribution is -2.23. The Bertz CT molecular complexity index is 664. The van der Waals surface area contributed by atoms with E-state index >= 15 is 0 Å². The number of carbonyl (C=O) groups is 1. The van der Waals surface area contributed by atoms with Crippen molar-refractivity contribution in [1.29, 1.82) is 0 Å². The molecule has 102 valence electrons. The molecule has 0 aliphatic heterocycles. The van der Waals surface area contributed by atoms with Gasteiger partial charge in [0.25, 0.3) is 5.91 Å². The zero-order valence-electron chi connectivity index (χ0n) is 11.3. The van der Waals surface area contributed by atoms with Gasteiger partial charge in [0.05, 0.1) is 12.9 Å². The van der Waals surface area contributed by atoms with E-state index in [1.54, 1.807) is 17.1 Å². The fraction of sp³-hybridized carbons (Fsp3) is 0.200. The van der Waals surface area contributed by atoms with Crippen LogP contribution in [0.2, 0.25) is 0 Å². The van der Waals surface area contributed by atoms with E-state index in [9.17, 15) is 4.79 Å². The van der Waals surface area contributed by atoms with Gasteiger partial charge in [-0.1, -0.05) is 30.0 Å². The summed E-state index contributed by atoms with van der Waals surface area (Å²) in [6, 6.07) is 7.66. The number of aryl methyl sites for hydroxylation is 1. The van der Waals surface area contributed by atoms with Crippen molar-refractivity contribution < 1.29 is 4.79 Å². The van der Waals surface area contributed by atoms with Crippen LogP contribution >= 0.6 is 0 Å². The summed E-state index contributed by atoms with van der Waals surface area (Å²) in [7, 11) is 1.82. The van der Waals surface area contributed by atoms with Crippen molar-refractivity contribution in [3.8, 4) is 11.8 Å². The molecule has 0 atom stereocenters. The molecule has 0 aliphatic carbocycles. The molecule has 1 aromatic carbocycles. The first-order valence-electron chi connectivity index (χ1n) is 6.23. The molecule has 5 nitrogen and oxygen atoms in total. The molecular weight excluding hydrogens is 252 g/mol. The zero-order valence-corrected chi connectivity index (χ0v) is 11.3. The van der Waals surface area contributed by atoms with Crippen molar-refractivity contribution in [2.24, 2.45) is 12.8 Å². The standard InChI is InChI=1S/C15H16N4O/c1-19-10-14(18-11-19)15(20)17-9-13-6-3-2-5-12(13)7-4-8-16/h2-3,5-6,10-11H,8-9,16H2,1H3,(H,17,20). The van der Waals surface area contributed by atoms with Crippen LogP contribution in [0.3, 0.4) is 0 Å². The third-order valence-electron chi connectivity index (χ3n) is 2.72. The molecule has 5 heteroatoms. The number of carbonyl (C=O) groups excluding carboxylic acids is 1. The van der Waals surface area contributed by atoms with Crippen LogP contribution in [0.4, 0.5) is 0 Å². The van der Waals surface area contributed by atoms with Gasteiger partial charge in [0.1, 0.15) is 5.69 Å². The number of hydrogen-bond donors (Lipinski definition) is 2. The number of imidazole rings is 1. The molecular formula is C15H16N4O. The molecule has 0 unspecified atom stereocenters. The van der Waals surface area contributed by atoms with E-state index in [1.807, 2.05) is 31.3 Å². The van der Waals surface area contributed by atoms with Crippen LogP contribution in [-0.4, -0.2) is 22.0 Å². The average Bonchev–Trinajstić information content (AvgIpc) is 2.90. The second-order valence-electron chi connectivity index (χ2n) is 4.27. The van der Waals surface area contributed by atoms with Crippen LogP contribution in [-0.2, 0) is 13.6 Å². The molecule has 20 heavy (non-hydrogen) atoms. The molecule has 0 saturated carbocycles. The van der Waals surface area contributed by atoms with Crippen LogP contribution in [0, 0.1) is 11.8 Å². The molecule has 1 amide bonds. The van der Waals surface area contributed by atoms with Crippen molar-refractivity contribution in [2.45, 2.75) is 6.54 Å². The predicted octanol–water partition coefficient (Wildman–Crippen LogP) is 0.660. The Labute approximate surface area is 117 Å². The molecule has 1 aromatic heterocycles. The molecule has 0 bridgehead atoms.